The molecule has 1 N–H and O–H groups in total. The van der Waals surface area contributed by atoms with Gasteiger partial charge in [-0.3, -0.25) is 4.79 Å². The van der Waals surface area contributed by atoms with Crippen LogP contribution in [0, 0.1) is 17.2 Å². The van der Waals surface area contributed by atoms with Gasteiger partial charge in [-0.1, -0.05) is 43.2 Å². The Morgan fingerprint density at radius 3 is 2.70 bits per heavy atom. The maximum absolute atomic E-state index is 13.3. The summed E-state index contributed by atoms with van der Waals surface area (Å²) in [6.07, 6.45) is 6.24. The summed E-state index contributed by atoms with van der Waals surface area (Å²) < 4.78 is 1.73. The minimum absolute atomic E-state index is 0.0330. The number of nitriles is 1. The smallest absolute Gasteiger partial charge is 0.270 e. The highest BCUT2D eigenvalue weighted by atomic mass is 16.3. The highest BCUT2D eigenvalue weighted by Gasteiger charge is 2.50. The van der Waals surface area contributed by atoms with Crippen LogP contribution in [0.15, 0.2) is 42.6 Å². The number of piperidine rings is 1. The molecule has 0 spiro atoms. The van der Waals surface area contributed by atoms with Crippen molar-refractivity contribution in [1.29, 1.82) is 5.26 Å². The number of nitrogens with zero attached hydrogens (tertiary/aromatic N) is 3. The van der Waals surface area contributed by atoms with E-state index >= 15 is 0 Å². The van der Waals surface area contributed by atoms with Crippen LogP contribution < -0.4 is 0 Å². The SMILES string of the molecule is Cn1cc(C#N)cc1C(=O)N1CC[C@@](O)(c2ccccc2)[C@H]2CCCC[C@H]21. The van der Waals surface area contributed by atoms with Crippen LogP contribution in [0.5, 0.6) is 0 Å². The van der Waals surface area contributed by atoms with E-state index in [-0.39, 0.29) is 17.9 Å². The number of hydrogen-bond donors (Lipinski definition) is 1. The van der Waals surface area contributed by atoms with E-state index in [2.05, 4.69) is 6.07 Å². The number of amides is 1. The van der Waals surface area contributed by atoms with Crippen LogP contribution >= 0.6 is 0 Å². The number of aliphatic hydroxyl groups is 1. The van der Waals surface area contributed by atoms with E-state index < -0.39 is 5.60 Å². The van der Waals surface area contributed by atoms with E-state index in [9.17, 15) is 9.90 Å². The number of hydrogen-bond acceptors (Lipinski definition) is 3. The van der Waals surface area contributed by atoms with Gasteiger partial charge in [0, 0.05) is 31.7 Å². The van der Waals surface area contributed by atoms with E-state index in [0.29, 0.717) is 24.2 Å². The molecule has 0 bridgehead atoms. The summed E-state index contributed by atoms with van der Waals surface area (Å²) in [7, 11) is 1.80. The molecule has 1 aliphatic heterocycles. The summed E-state index contributed by atoms with van der Waals surface area (Å²) in [6.45, 7) is 0.526. The third-order valence-electron chi connectivity index (χ3n) is 6.36. The Balaban J connectivity index is 1.67. The summed E-state index contributed by atoms with van der Waals surface area (Å²) in [4.78, 5) is 15.2. The van der Waals surface area contributed by atoms with Crippen molar-refractivity contribution in [2.24, 2.45) is 13.0 Å². The molecule has 5 nitrogen and oxygen atoms in total. The molecule has 1 aromatic carbocycles. The number of aromatic nitrogens is 1. The standard InChI is InChI=1S/C22H25N3O2/c1-24-15-16(14-23)13-20(24)21(26)25-12-11-22(27,17-7-3-2-4-8-17)18-9-5-6-10-19(18)25/h2-4,7-8,13,15,18-19,27H,5-6,9-12H2,1H3/t18-,19+,22+/m0/s1. The number of fused-ring (bicyclic) bond motifs is 1. The third-order valence-corrected chi connectivity index (χ3v) is 6.36. The molecule has 1 aliphatic carbocycles. The number of aryl methyl sites for hydroxylation is 1. The molecule has 0 radical (unpaired) electrons. The maximum Gasteiger partial charge on any atom is 0.270 e. The zero-order valence-corrected chi connectivity index (χ0v) is 15.6. The summed E-state index contributed by atoms with van der Waals surface area (Å²) in [6, 6.07) is 13.7. The van der Waals surface area contributed by atoms with Crippen molar-refractivity contribution in [2.75, 3.05) is 6.54 Å². The van der Waals surface area contributed by atoms with E-state index in [1.54, 1.807) is 23.9 Å². The van der Waals surface area contributed by atoms with Gasteiger partial charge in [0.15, 0.2) is 0 Å². The highest BCUT2D eigenvalue weighted by molar-refractivity contribution is 5.93. The molecule has 2 aromatic rings. The number of benzene rings is 1. The summed E-state index contributed by atoms with van der Waals surface area (Å²) in [5.41, 5.74) is 1.12. The molecule has 1 amide bonds. The molecule has 5 heteroatoms. The van der Waals surface area contributed by atoms with Crippen LogP contribution in [0.3, 0.4) is 0 Å². The van der Waals surface area contributed by atoms with Crippen LogP contribution in [-0.4, -0.2) is 33.1 Å². The molecule has 2 fully saturated rings. The Morgan fingerprint density at radius 2 is 2.00 bits per heavy atom. The Kier molecular flexibility index (Phi) is 4.53. The van der Waals surface area contributed by atoms with Crippen molar-refractivity contribution >= 4 is 5.91 Å². The fraction of sp³-hybridized carbons (Fsp3) is 0.455. The normalized spacial score (nSPS) is 27.7. The largest absolute Gasteiger partial charge is 0.385 e. The fourth-order valence-corrected chi connectivity index (χ4v) is 5.01. The van der Waals surface area contributed by atoms with Crippen LogP contribution in [0.1, 0.15) is 53.7 Å². The van der Waals surface area contributed by atoms with Crippen molar-refractivity contribution in [3.63, 3.8) is 0 Å². The third kappa shape index (κ3) is 2.94. The molecule has 1 saturated heterocycles. The molecule has 140 valence electrons. The van der Waals surface area contributed by atoms with Crippen LogP contribution in [0.4, 0.5) is 0 Å². The van der Waals surface area contributed by atoms with Gasteiger partial charge in [-0.15, -0.1) is 0 Å². The van der Waals surface area contributed by atoms with Crippen molar-refractivity contribution in [2.45, 2.75) is 43.7 Å². The molecule has 2 heterocycles. The van der Waals surface area contributed by atoms with Crippen LogP contribution in [-0.2, 0) is 12.6 Å². The molecule has 1 saturated carbocycles. The molecule has 2 aliphatic rings. The van der Waals surface area contributed by atoms with E-state index in [1.165, 1.54) is 0 Å². The first-order valence-corrected chi connectivity index (χ1v) is 9.70. The number of carbonyl (C=O) groups excluding carboxylic acids is 1. The van der Waals surface area contributed by atoms with E-state index in [0.717, 1.165) is 31.2 Å². The number of carbonyl (C=O) groups is 1. The lowest BCUT2D eigenvalue weighted by Crippen LogP contribution is -2.59. The summed E-state index contributed by atoms with van der Waals surface area (Å²) in [5, 5.41) is 20.7. The lowest BCUT2D eigenvalue weighted by molar-refractivity contribution is -0.110. The summed E-state index contributed by atoms with van der Waals surface area (Å²) >= 11 is 0. The molecular formula is C22H25N3O2. The fourth-order valence-electron chi connectivity index (χ4n) is 5.01. The van der Waals surface area contributed by atoms with Crippen LogP contribution in [0.2, 0.25) is 0 Å². The minimum atomic E-state index is -0.880. The van der Waals surface area contributed by atoms with Gasteiger partial charge in [-0.05, 0) is 30.9 Å². The predicted octanol–water partition coefficient (Wildman–Crippen LogP) is 3.19. The number of likely N-dealkylation sites (tertiary alicyclic amines) is 1. The van der Waals surface area contributed by atoms with E-state index in [1.807, 2.05) is 35.2 Å². The van der Waals surface area contributed by atoms with Gasteiger partial charge >= 0.3 is 0 Å². The molecule has 1 aromatic heterocycles. The van der Waals surface area contributed by atoms with Gasteiger partial charge < -0.3 is 14.6 Å². The second kappa shape index (κ2) is 6.86. The molecule has 27 heavy (non-hydrogen) atoms. The Bertz CT molecular complexity index is 883. The van der Waals surface area contributed by atoms with Gasteiger partial charge in [0.1, 0.15) is 11.8 Å². The zero-order chi connectivity index (χ0) is 19.0. The second-order valence-corrected chi connectivity index (χ2v) is 7.83. The highest BCUT2D eigenvalue weighted by Crippen LogP contribution is 2.47. The van der Waals surface area contributed by atoms with Gasteiger partial charge in [0.25, 0.3) is 5.91 Å². The summed E-state index contributed by atoms with van der Waals surface area (Å²) in [5.74, 6) is 0.00747. The van der Waals surface area contributed by atoms with Crippen molar-refractivity contribution < 1.29 is 9.90 Å². The monoisotopic (exact) mass is 363 g/mol. The van der Waals surface area contributed by atoms with Crippen LogP contribution in [0.25, 0.3) is 0 Å². The van der Waals surface area contributed by atoms with Crippen molar-refractivity contribution in [3.8, 4) is 6.07 Å². The first-order valence-electron chi connectivity index (χ1n) is 9.70. The number of rotatable bonds is 2. The Hall–Kier alpha value is -2.58. The second-order valence-electron chi connectivity index (χ2n) is 7.83. The molecule has 3 atom stereocenters. The molecule has 4 rings (SSSR count). The average molecular weight is 363 g/mol. The van der Waals surface area contributed by atoms with Gasteiger partial charge in [0.05, 0.1) is 11.2 Å². The topological polar surface area (TPSA) is 69.3 Å². The van der Waals surface area contributed by atoms with Gasteiger partial charge in [-0.2, -0.15) is 5.26 Å². The van der Waals surface area contributed by atoms with E-state index in [4.69, 9.17) is 5.26 Å². The minimum Gasteiger partial charge on any atom is -0.385 e. The zero-order valence-electron chi connectivity index (χ0n) is 15.6. The van der Waals surface area contributed by atoms with Gasteiger partial charge in [-0.25, -0.2) is 0 Å². The average Bonchev–Trinajstić information content (AvgIpc) is 3.09. The lowest BCUT2D eigenvalue weighted by atomic mass is 9.66. The van der Waals surface area contributed by atoms with Gasteiger partial charge in [0.2, 0.25) is 0 Å². The van der Waals surface area contributed by atoms with Crippen molar-refractivity contribution in [1.82, 2.24) is 9.47 Å². The molecular weight excluding hydrogens is 338 g/mol. The predicted molar refractivity (Wildman–Crippen MR) is 102 cm³/mol. The first kappa shape index (κ1) is 17.8. The maximum atomic E-state index is 13.3. The first-order chi connectivity index (χ1) is 13.0. The molecule has 0 unspecified atom stereocenters. The quantitative estimate of drug-likeness (QED) is 0.891. The Labute approximate surface area is 159 Å². The van der Waals surface area contributed by atoms with Crippen molar-refractivity contribution in [3.05, 3.63) is 59.4 Å². The Morgan fingerprint density at radius 1 is 1.26 bits per heavy atom. The lowest BCUT2D eigenvalue weighted by Gasteiger charge is -2.52.